The average molecular weight is 368 g/mol. The van der Waals surface area contributed by atoms with Gasteiger partial charge in [0, 0.05) is 0 Å². The van der Waals surface area contributed by atoms with E-state index < -0.39 is 0 Å². The molecule has 0 saturated carbocycles. The minimum absolute atomic E-state index is 0.0958. The monoisotopic (exact) mass is 367 g/mol. The second-order valence-corrected chi connectivity index (χ2v) is 8.85. The van der Waals surface area contributed by atoms with E-state index in [1.54, 1.807) is 0 Å². The van der Waals surface area contributed by atoms with Gasteiger partial charge < -0.3 is 0 Å². The topological polar surface area (TPSA) is 0 Å². The predicted molar refractivity (Wildman–Crippen MR) is 116 cm³/mol. The molecule has 0 N–H and O–H groups in total. The number of aryl methyl sites for hydroxylation is 2. The van der Waals surface area contributed by atoms with Crippen LogP contribution in [0.25, 0.3) is 11.1 Å². The van der Waals surface area contributed by atoms with E-state index in [2.05, 4.69) is 117 Å². The third-order valence-corrected chi connectivity index (χ3v) is 6.94. The molecule has 0 unspecified atom stereocenters. The molecule has 0 heterocycles. The van der Waals surface area contributed by atoms with Gasteiger partial charge in [0.2, 0.25) is 0 Å². The summed E-state index contributed by atoms with van der Waals surface area (Å²) >= 11 is 0. The quantitative estimate of drug-likeness (QED) is 0.338. The molecule has 0 nitrogen and oxygen atoms in total. The zero-order valence-corrected chi connectivity index (χ0v) is 16.5. The number of benzene rings is 4. The number of hydrogen-bond donors (Lipinski definition) is 0. The van der Waals surface area contributed by atoms with Gasteiger partial charge in [-0.05, 0) is 73.5 Å². The highest BCUT2D eigenvalue weighted by molar-refractivity contribution is 7.97. The van der Waals surface area contributed by atoms with Gasteiger partial charge in [-0.2, -0.15) is 0 Å². The van der Waals surface area contributed by atoms with Gasteiger partial charge >= 0.3 is 0 Å². The fourth-order valence-electron chi connectivity index (χ4n) is 3.17. The van der Waals surface area contributed by atoms with Crippen LogP contribution in [0.3, 0.4) is 0 Å². The first-order chi connectivity index (χ1) is 13.2. The lowest BCUT2D eigenvalue weighted by atomic mass is 10.1. The van der Waals surface area contributed by atoms with Gasteiger partial charge in [0.1, 0.15) is 0 Å². The van der Waals surface area contributed by atoms with Crippen molar-refractivity contribution in [2.75, 3.05) is 0 Å². The summed E-state index contributed by atoms with van der Waals surface area (Å²) in [5.41, 5.74) is 5.11. The third kappa shape index (κ3) is 3.99. The Bertz CT molecular complexity index is 953. The molecule has 0 amide bonds. The molecule has 4 aromatic carbocycles. The lowest BCUT2D eigenvalue weighted by molar-refractivity contribution is 1.29. The Morgan fingerprint density at radius 2 is 0.778 bits per heavy atom. The Hall–Kier alpha value is -2.77. The highest BCUT2D eigenvalue weighted by Crippen LogP contribution is 2.32. The molecule has 0 atom stereocenters. The molecule has 0 spiro atoms. The van der Waals surface area contributed by atoms with Gasteiger partial charge in [0.05, 0.1) is 10.9 Å². The smallest absolute Gasteiger partial charge is 0.0622 e. The van der Waals surface area contributed by atoms with Gasteiger partial charge in [0.15, 0.2) is 14.7 Å². The molecule has 0 radical (unpaired) electrons. The zero-order valence-electron chi connectivity index (χ0n) is 15.7. The second kappa shape index (κ2) is 7.85. The van der Waals surface area contributed by atoms with Crippen LogP contribution in [0.15, 0.2) is 118 Å². The van der Waals surface area contributed by atoms with Crippen LogP contribution < -0.4 is 0 Å². The summed E-state index contributed by atoms with van der Waals surface area (Å²) in [5.74, 6) is 0. The largest absolute Gasteiger partial charge is 0.166 e. The molecule has 0 aromatic heterocycles. The van der Waals surface area contributed by atoms with E-state index in [4.69, 9.17) is 0 Å². The van der Waals surface area contributed by atoms with Crippen molar-refractivity contribution in [2.45, 2.75) is 28.5 Å². The lowest BCUT2D eigenvalue weighted by Gasteiger charge is -2.09. The Balaban J connectivity index is 1.76. The zero-order chi connectivity index (χ0) is 18.6. The molecule has 1 heteroatoms. The van der Waals surface area contributed by atoms with Crippen molar-refractivity contribution in [1.82, 2.24) is 0 Å². The molecule has 0 saturated heterocycles. The summed E-state index contributed by atoms with van der Waals surface area (Å²) in [4.78, 5) is 4.07. The maximum absolute atomic E-state index is 2.28. The van der Waals surface area contributed by atoms with Crippen molar-refractivity contribution in [3.8, 4) is 11.1 Å². The first-order valence-electron chi connectivity index (χ1n) is 9.24. The molecule has 0 aliphatic carbocycles. The lowest BCUT2D eigenvalue weighted by Crippen LogP contribution is -2.05. The molecular weight excluding hydrogens is 344 g/mol. The Morgan fingerprint density at radius 1 is 0.407 bits per heavy atom. The van der Waals surface area contributed by atoms with Crippen LogP contribution in [0.5, 0.6) is 0 Å². The maximum atomic E-state index is 2.28. The Morgan fingerprint density at radius 3 is 1.22 bits per heavy atom. The van der Waals surface area contributed by atoms with Crippen LogP contribution in [-0.4, -0.2) is 0 Å². The molecule has 0 aliphatic rings. The normalized spacial score (nSPS) is 10.9. The van der Waals surface area contributed by atoms with E-state index in [0.29, 0.717) is 0 Å². The van der Waals surface area contributed by atoms with Crippen LogP contribution >= 0.6 is 0 Å². The minimum atomic E-state index is -0.0958. The molecule has 132 valence electrons. The highest BCUT2D eigenvalue weighted by Gasteiger charge is 2.28. The SMILES string of the molecule is Cc1ccc([S+](c2ccc(C)cc2)c2ccc(-c3ccccc3)cc2)cc1. The van der Waals surface area contributed by atoms with Crippen molar-refractivity contribution in [3.05, 3.63) is 114 Å². The number of hydrogen-bond acceptors (Lipinski definition) is 0. The fraction of sp³-hybridized carbons (Fsp3) is 0.0769. The van der Waals surface area contributed by atoms with Crippen molar-refractivity contribution in [1.29, 1.82) is 0 Å². The Kier molecular flexibility index (Phi) is 5.13. The minimum Gasteiger partial charge on any atom is -0.0622 e. The van der Waals surface area contributed by atoms with Gasteiger partial charge in [0.25, 0.3) is 0 Å². The van der Waals surface area contributed by atoms with Crippen molar-refractivity contribution in [2.24, 2.45) is 0 Å². The van der Waals surface area contributed by atoms with E-state index in [1.165, 1.54) is 36.9 Å². The number of rotatable bonds is 4. The summed E-state index contributed by atoms with van der Waals surface area (Å²) in [7, 11) is -0.0958. The van der Waals surface area contributed by atoms with Crippen LogP contribution in [0.4, 0.5) is 0 Å². The van der Waals surface area contributed by atoms with Gasteiger partial charge in [-0.1, -0.05) is 65.7 Å². The standard InChI is InChI=1S/C26H23S/c1-20-8-14-24(15-9-20)27(25-16-10-21(2)11-17-25)26-18-12-23(13-19-26)22-6-4-3-5-7-22/h3-19H,1-2H3/q+1. The molecule has 4 aromatic rings. The molecule has 0 aliphatic heterocycles. The van der Waals surface area contributed by atoms with Crippen molar-refractivity contribution in [3.63, 3.8) is 0 Å². The molecular formula is C26H23S+. The van der Waals surface area contributed by atoms with Crippen LogP contribution in [0, 0.1) is 13.8 Å². The summed E-state index contributed by atoms with van der Waals surface area (Å²) < 4.78 is 0. The third-order valence-electron chi connectivity index (χ3n) is 4.71. The predicted octanol–water partition coefficient (Wildman–Crippen LogP) is 7.07. The molecule has 0 bridgehead atoms. The van der Waals surface area contributed by atoms with E-state index in [0.717, 1.165) is 0 Å². The highest BCUT2D eigenvalue weighted by atomic mass is 32.2. The fourth-order valence-corrected chi connectivity index (χ4v) is 5.21. The van der Waals surface area contributed by atoms with Crippen molar-refractivity contribution >= 4 is 10.9 Å². The molecule has 27 heavy (non-hydrogen) atoms. The summed E-state index contributed by atoms with van der Waals surface area (Å²) in [6.45, 7) is 4.28. The van der Waals surface area contributed by atoms with Crippen LogP contribution in [0.1, 0.15) is 11.1 Å². The second-order valence-electron chi connectivity index (χ2n) is 6.82. The van der Waals surface area contributed by atoms with Gasteiger partial charge in [-0.15, -0.1) is 0 Å². The van der Waals surface area contributed by atoms with Crippen molar-refractivity contribution < 1.29 is 0 Å². The summed E-state index contributed by atoms with van der Waals surface area (Å²) in [6, 6.07) is 37.5. The first-order valence-corrected chi connectivity index (χ1v) is 10.5. The van der Waals surface area contributed by atoms with E-state index in [1.807, 2.05) is 0 Å². The average Bonchev–Trinajstić information content (AvgIpc) is 2.72. The van der Waals surface area contributed by atoms with E-state index in [-0.39, 0.29) is 10.9 Å². The molecule has 0 fully saturated rings. The summed E-state index contributed by atoms with van der Waals surface area (Å²) in [6.07, 6.45) is 0. The van der Waals surface area contributed by atoms with E-state index in [9.17, 15) is 0 Å². The summed E-state index contributed by atoms with van der Waals surface area (Å²) in [5, 5.41) is 0. The van der Waals surface area contributed by atoms with Gasteiger partial charge in [-0.3, -0.25) is 0 Å². The van der Waals surface area contributed by atoms with Crippen LogP contribution in [-0.2, 0) is 10.9 Å². The maximum Gasteiger partial charge on any atom is 0.166 e. The van der Waals surface area contributed by atoms with E-state index >= 15 is 0 Å². The Labute approximate surface area is 164 Å². The van der Waals surface area contributed by atoms with Gasteiger partial charge in [-0.25, -0.2) is 0 Å². The first kappa shape index (κ1) is 17.6. The molecule has 4 rings (SSSR count). The van der Waals surface area contributed by atoms with Crippen LogP contribution in [0.2, 0.25) is 0 Å².